The number of H-pyrrole nitrogens is 1. The van der Waals surface area contributed by atoms with Crippen molar-refractivity contribution >= 4 is 28.5 Å². The number of aromatic nitrogens is 1. The van der Waals surface area contributed by atoms with Gasteiger partial charge in [-0.05, 0) is 48.2 Å². The Kier molecular flexibility index (Phi) is 4.54. The molecule has 3 aromatic rings. The van der Waals surface area contributed by atoms with Gasteiger partial charge in [-0.25, -0.2) is 4.79 Å². The number of anilines is 1. The predicted octanol–water partition coefficient (Wildman–Crippen LogP) is 3.08. The van der Waals surface area contributed by atoms with E-state index in [0.717, 1.165) is 27.8 Å². The molecule has 3 N–H and O–H groups in total. The van der Waals surface area contributed by atoms with Crippen LogP contribution in [0, 0.1) is 6.92 Å². The number of aryl methyl sites for hydroxylation is 1. The van der Waals surface area contributed by atoms with Gasteiger partial charge in [0.05, 0.1) is 6.04 Å². The molecule has 0 unspecified atom stereocenters. The molecule has 3 amide bonds. The number of nitrogens with zero attached hydrogens (tertiary/aromatic N) is 1. The van der Waals surface area contributed by atoms with Crippen LogP contribution in [-0.2, 0) is 11.3 Å². The summed E-state index contributed by atoms with van der Waals surface area (Å²) in [5.74, 6) is 0.0276. The highest BCUT2D eigenvalue weighted by Gasteiger charge is 2.31. The molecule has 1 saturated heterocycles. The van der Waals surface area contributed by atoms with Crippen LogP contribution in [0.3, 0.4) is 0 Å². The molecule has 1 fully saturated rings. The molecular formula is C21H22N4O2. The lowest BCUT2D eigenvalue weighted by atomic mass is 10.1. The number of aromatic amines is 1. The first-order chi connectivity index (χ1) is 13.1. The Morgan fingerprint density at radius 3 is 2.81 bits per heavy atom. The summed E-state index contributed by atoms with van der Waals surface area (Å²) in [5.41, 5.74) is 4.10. The number of rotatable bonds is 4. The molecule has 6 nitrogen and oxygen atoms in total. The Morgan fingerprint density at radius 1 is 1.19 bits per heavy atom. The molecule has 6 heteroatoms. The predicted molar refractivity (Wildman–Crippen MR) is 106 cm³/mol. The van der Waals surface area contributed by atoms with Crippen molar-refractivity contribution in [1.82, 2.24) is 15.6 Å². The molecule has 1 aliphatic rings. The first-order valence-corrected chi connectivity index (χ1v) is 9.06. The van der Waals surface area contributed by atoms with E-state index in [4.69, 9.17) is 0 Å². The molecule has 2 heterocycles. The van der Waals surface area contributed by atoms with Gasteiger partial charge in [0.2, 0.25) is 5.91 Å². The molecule has 1 aromatic heterocycles. The largest absolute Gasteiger partial charge is 0.359 e. The summed E-state index contributed by atoms with van der Waals surface area (Å²) in [6.07, 6.45) is 0.316. The molecule has 0 aliphatic carbocycles. The van der Waals surface area contributed by atoms with Crippen molar-refractivity contribution < 1.29 is 9.59 Å². The Bertz CT molecular complexity index is 980. The van der Waals surface area contributed by atoms with Crippen molar-refractivity contribution in [1.29, 1.82) is 0 Å². The van der Waals surface area contributed by atoms with Crippen molar-refractivity contribution in [3.63, 3.8) is 0 Å². The summed E-state index contributed by atoms with van der Waals surface area (Å²) in [4.78, 5) is 29.5. The Morgan fingerprint density at radius 2 is 2.00 bits per heavy atom. The molecule has 0 spiro atoms. The minimum Gasteiger partial charge on any atom is -0.359 e. The zero-order chi connectivity index (χ0) is 18.8. The second kappa shape index (κ2) is 7.15. The summed E-state index contributed by atoms with van der Waals surface area (Å²) in [6.45, 7) is 2.95. The number of para-hydroxylation sites is 1. The number of nitrogens with one attached hydrogen (secondary N) is 3. The van der Waals surface area contributed by atoms with Crippen LogP contribution in [-0.4, -0.2) is 29.5 Å². The van der Waals surface area contributed by atoms with Gasteiger partial charge < -0.3 is 20.5 Å². The molecule has 0 bridgehead atoms. The number of hydrogen-bond acceptors (Lipinski definition) is 2. The number of carbonyl (C=O) groups is 2. The summed E-state index contributed by atoms with van der Waals surface area (Å²) in [6, 6.07) is 17.2. The maximum absolute atomic E-state index is 12.2. The average Bonchev–Trinajstić information content (AvgIpc) is 3.21. The fourth-order valence-electron chi connectivity index (χ4n) is 3.52. The lowest BCUT2D eigenvalue weighted by Crippen LogP contribution is -2.43. The molecule has 4 rings (SSSR count). The second-order valence-corrected chi connectivity index (χ2v) is 6.94. The minimum atomic E-state index is -0.256. The van der Waals surface area contributed by atoms with E-state index >= 15 is 0 Å². The van der Waals surface area contributed by atoms with Crippen molar-refractivity contribution in [2.24, 2.45) is 0 Å². The SMILES string of the molecule is Cc1cc2cc(CNC(=O)N[C@@H]3CC(=O)N(c4ccccc4)C3)ccc2[nH]1. The monoisotopic (exact) mass is 362 g/mol. The van der Waals surface area contributed by atoms with E-state index in [9.17, 15) is 9.59 Å². The van der Waals surface area contributed by atoms with Gasteiger partial charge in [-0.2, -0.15) is 0 Å². The number of amides is 3. The maximum Gasteiger partial charge on any atom is 0.315 e. The van der Waals surface area contributed by atoms with E-state index in [2.05, 4.69) is 27.8 Å². The van der Waals surface area contributed by atoms with Crippen LogP contribution in [0.5, 0.6) is 0 Å². The number of hydrogen-bond donors (Lipinski definition) is 3. The van der Waals surface area contributed by atoms with Gasteiger partial charge >= 0.3 is 6.03 Å². The fraction of sp³-hybridized carbons (Fsp3) is 0.238. The highest BCUT2D eigenvalue weighted by atomic mass is 16.2. The van der Waals surface area contributed by atoms with Crippen molar-refractivity contribution in [3.8, 4) is 0 Å². The molecule has 0 radical (unpaired) electrons. The maximum atomic E-state index is 12.2. The van der Waals surface area contributed by atoms with Gasteiger partial charge in [0.1, 0.15) is 0 Å². The summed E-state index contributed by atoms with van der Waals surface area (Å²) >= 11 is 0. The van der Waals surface area contributed by atoms with Crippen molar-refractivity contribution in [3.05, 3.63) is 65.9 Å². The van der Waals surface area contributed by atoms with E-state index in [1.807, 2.05) is 49.4 Å². The molecule has 1 aliphatic heterocycles. The van der Waals surface area contributed by atoms with Crippen LogP contribution in [0.15, 0.2) is 54.6 Å². The smallest absolute Gasteiger partial charge is 0.315 e. The molecule has 2 aromatic carbocycles. The normalized spacial score (nSPS) is 16.7. The topological polar surface area (TPSA) is 77.2 Å². The first kappa shape index (κ1) is 17.1. The molecular weight excluding hydrogens is 340 g/mol. The van der Waals surface area contributed by atoms with Gasteiger partial charge in [-0.1, -0.05) is 24.3 Å². The van der Waals surface area contributed by atoms with Crippen LogP contribution in [0.25, 0.3) is 10.9 Å². The van der Waals surface area contributed by atoms with Crippen molar-refractivity contribution in [2.75, 3.05) is 11.4 Å². The highest BCUT2D eigenvalue weighted by molar-refractivity contribution is 5.96. The Labute approximate surface area is 157 Å². The van der Waals surface area contributed by atoms with Crippen LogP contribution in [0.1, 0.15) is 17.7 Å². The number of carbonyl (C=O) groups excluding carboxylic acids is 2. The number of benzene rings is 2. The molecule has 1 atom stereocenters. The summed E-state index contributed by atoms with van der Waals surface area (Å²) < 4.78 is 0. The third-order valence-corrected chi connectivity index (χ3v) is 4.80. The third-order valence-electron chi connectivity index (χ3n) is 4.80. The van der Waals surface area contributed by atoms with E-state index in [1.165, 1.54) is 0 Å². The second-order valence-electron chi connectivity index (χ2n) is 6.94. The number of urea groups is 1. The van der Waals surface area contributed by atoms with E-state index < -0.39 is 0 Å². The summed E-state index contributed by atoms with van der Waals surface area (Å²) in [5, 5.41) is 6.91. The van der Waals surface area contributed by atoms with Gasteiger partial charge in [0.25, 0.3) is 0 Å². The Hall–Kier alpha value is -3.28. The van der Waals surface area contributed by atoms with Crippen molar-refractivity contribution in [2.45, 2.75) is 25.9 Å². The van der Waals surface area contributed by atoms with Gasteiger partial charge in [0, 0.05) is 36.4 Å². The van der Waals surface area contributed by atoms with Crippen LogP contribution in [0.4, 0.5) is 10.5 Å². The van der Waals surface area contributed by atoms with E-state index in [1.54, 1.807) is 4.90 Å². The van der Waals surface area contributed by atoms with E-state index in [0.29, 0.717) is 19.5 Å². The van der Waals surface area contributed by atoms with Crippen LogP contribution < -0.4 is 15.5 Å². The number of fused-ring (bicyclic) bond motifs is 1. The van der Waals surface area contributed by atoms with Crippen LogP contribution in [0.2, 0.25) is 0 Å². The lowest BCUT2D eigenvalue weighted by molar-refractivity contribution is -0.117. The fourth-order valence-corrected chi connectivity index (χ4v) is 3.52. The molecule has 27 heavy (non-hydrogen) atoms. The highest BCUT2D eigenvalue weighted by Crippen LogP contribution is 2.21. The average molecular weight is 362 g/mol. The standard InChI is InChI=1S/C21H22N4O2/c1-14-9-16-10-15(7-8-19(16)23-14)12-22-21(27)24-17-11-20(26)25(13-17)18-5-3-2-4-6-18/h2-10,17,23H,11-13H2,1H3,(H2,22,24,27)/t17-/m1/s1. The van der Waals surface area contributed by atoms with Gasteiger partial charge in [-0.3, -0.25) is 4.79 Å². The zero-order valence-corrected chi connectivity index (χ0v) is 15.2. The third kappa shape index (κ3) is 3.79. The first-order valence-electron chi connectivity index (χ1n) is 9.06. The van der Waals surface area contributed by atoms with Gasteiger partial charge in [-0.15, -0.1) is 0 Å². The van der Waals surface area contributed by atoms with Gasteiger partial charge in [0.15, 0.2) is 0 Å². The minimum absolute atomic E-state index is 0.0276. The lowest BCUT2D eigenvalue weighted by Gasteiger charge is -2.17. The van der Waals surface area contributed by atoms with Crippen LogP contribution >= 0.6 is 0 Å². The quantitative estimate of drug-likeness (QED) is 0.667. The Balaban J connectivity index is 1.32. The molecule has 138 valence electrons. The van der Waals surface area contributed by atoms with E-state index in [-0.39, 0.29) is 18.0 Å². The summed E-state index contributed by atoms with van der Waals surface area (Å²) in [7, 11) is 0. The zero-order valence-electron chi connectivity index (χ0n) is 15.2. The molecule has 0 saturated carbocycles.